The SMILES string of the molecule is COC(=O)C1=C(C)NC2=C(C(=O)CN(C)C2)C1c1cccc([N+](=O)[O-])c1. The first-order valence-corrected chi connectivity index (χ1v) is 8.08. The highest BCUT2D eigenvalue weighted by atomic mass is 16.6. The number of methoxy groups -OCH3 is 1. The molecule has 2 aliphatic rings. The fourth-order valence-electron chi connectivity index (χ4n) is 3.54. The van der Waals surface area contributed by atoms with Crippen molar-refractivity contribution in [2.24, 2.45) is 0 Å². The van der Waals surface area contributed by atoms with Gasteiger partial charge in [-0.05, 0) is 19.5 Å². The van der Waals surface area contributed by atoms with E-state index in [-0.39, 0.29) is 18.0 Å². The van der Waals surface area contributed by atoms with Gasteiger partial charge in [0.05, 0.1) is 24.2 Å². The minimum Gasteiger partial charge on any atom is -0.466 e. The van der Waals surface area contributed by atoms with Gasteiger partial charge in [-0.15, -0.1) is 0 Å². The molecule has 2 aliphatic heterocycles. The number of allylic oxidation sites excluding steroid dienone is 1. The number of likely N-dealkylation sites (N-methyl/N-ethyl adjacent to an activating group) is 1. The maximum atomic E-state index is 12.8. The lowest BCUT2D eigenvalue weighted by molar-refractivity contribution is -0.384. The summed E-state index contributed by atoms with van der Waals surface area (Å²) >= 11 is 0. The fourth-order valence-corrected chi connectivity index (χ4v) is 3.54. The Labute approximate surface area is 150 Å². The first kappa shape index (κ1) is 17.8. The highest BCUT2D eigenvalue weighted by Crippen LogP contribution is 2.41. The number of benzene rings is 1. The Morgan fingerprint density at radius 2 is 2.12 bits per heavy atom. The number of hydrogen-bond acceptors (Lipinski definition) is 7. The Kier molecular flexibility index (Phi) is 4.60. The Bertz CT molecular complexity index is 871. The zero-order chi connectivity index (χ0) is 19.0. The lowest BCUT2D eigenvalue weighted by atomic mass is 9.77. The van der Waals surface area contributed by atoms with Crippen molar-refractivity contribution in [2.45, 2.75) is 12.8 Å². The zero-order valence-corrected chi connectivity index (χ0v) is 14.7. The summed E-state index contributed by atoms with van der Waals surface area (Å²) in [6.45, 7) is 2.48. The minimum absolute atomic E-state index is 0.0922. The largest absolute Gasteiger partial charge is 0.466 e. The monoisotopic (exact) mass is 357 g/mol. The fraction of sp³-hybridized carbons (Fsp3) is 0.333. The molecular formula is C18H19N3O5. The Morgan fingerprint density at radius 1 is 1.38 bits per heavy atom. The van der Waals surface area contributed by atoms with E-state index in [9.17, 15) is 19.7 Å². The average molecular weight is 357 g/mol. The Morgan fingerprint density at radius 3 is 2.77 bits per heavy atom. The van der Waals surface area contributed by atoms with E-state index in [0.717, 1.165) is 0 Å². The number of nitro benzene ring substituents is 1. The molecule has 3 rings (SSSR count). The maximum absolute atomic E-state index is 12.8. The molecule has 8 nitrogen and oxygen atoms in total. The molecule has 2 heterocycles. The van der Waals surface area contributed by atoms with Gasteiger partial charge in [0.2, 0.25) is 0 Å². The normalized spacial score (nSPS) is 20.6. The van der Waals surface area contributed by atoms with Crippen LogP contribution in [0, 0.1) is 10.1 Å². The van der Waals surface area contributed by atoms with Crippen LogP contribution in [0.15, 0.2) is 46.8 Å². The number of non-ortho nitro benzene ring substituents is 1. The third-order valence-electron chi connectivity index (χ3n) is 4.61. The van der Waals surface area contributed by atoms with Crippen LogP contribution in [-0.4, -0.2) is 48.8 Å². The second kappa shape index (κ2) is 6.72. The molecule has 0 radical (unpaired) electrons. The number of esters is 1. The molecule has 0 fully saturated rings. The molecule has 0 amide bonds. The maximum Gasteiger partial charge on any atom is 0.336 e. The number of carbonyl (C=O) groups excluding carboxylic acids is 2. The van der Waals surface area contributed by atoms with Crippen molar-refractivity contribution in [3.05, 3.63) is 62.5 Å². The summed E-state index contributed by atoms with van der Waals surface area (Å²) in [6.07, 6.45) is 0. The van der Waals surface area contributed by atoms with E-state index in [1.165, 1.54) is 19.2 Å². The average Bonchev–Trinajstić information content (AvgIpc) is 2.59. The van der Waals surface area contributed by atoms with Crippen molar-refractivity contribution in [2.75, 3.05) is 27.2 Å². The van der Waals surface area contributed by atoms with Crippen LogP contribution in [0.2, 0.25) is 0 Å². The topological polar surface area (TPSA) is 102 Å². The molecule has 0 saturated heterocycles. The molecule has 0 spiro atoms. The van der Waals surface area contributed by atoms with Crippen LogP contribution in [-0.2, 0) is 14.3 Å². The van der Waals surface area contributed by atoms with E-state index >= 15 is 0 Å². The minimum atomic E-state index is -0.695. The number of carbonyl (C=O) groups is 2. The zero-order valence-electron chi connectivity index (χ0n) is 14.7. The van der Waals surface area contributed by atoms with Gasteiger partial charge in [0.1, 0.15) is 0 Å². The van der Waals surface area contributed by atoms with Crippen LogP contribution in [0.1, 0.15) is 18.4 Å². The molecule has 0 aliphatic carbocycles. The molecule has 0 bridgehead atoms. The predicted molar refractivity (Wildman–Crippen MR) is 93.2 cm³/mol. The number of dihydropyridines is 1. The van der Waals surface area contributed by atoms with E-state index < -0.39 is 16.8 Å². The van der Waals surface area contributed by atoms with Gasteiger partial charge < -0.3 is 10.1 Å². The lowest BCUT2D eigenvalue weighted by Crippen LogP contribution is -2.44. The lowest BCUT2D eigenvalue weighted by Gasteiger charge is -2.36. The number of nitro groups is 1. The van der Waals surface area contributed by atoms with Crippen LogP contribution in [0.5, 0.6) is 0 Å². The molecule has 136 valence electrons. The van der Waals surface area contributed by atoms with Crippen LogP contribution in [0.25, 0.3) is 0 Å². The van der Waals surface area contributed by atoms with Crippen molar-refractivity contribution in [1.82, 2.24) is 10.2 Å². The first-order valence-electron chi connectivity index (χ1n) is 8.08. The van der Waals surface area contributed by atoms with E-state index in [2.05, 4.69) is 5.32 Å². The number of ether oxygens (including phenoxy) is 1. The number of hydrogen-bond donors (Lipinski definition) is 1. The number of ketones is 1. The molecule has 0 saturated carbocycles. The third kappa shape index (κ3) is 2.99. The summed E-state index contributed by atoms with van der Waals surface area (Å²) in [5.74, 6) is -1.38. The second-order valence-corrected chi connectivity index (χ2v) is 6.43. The molecule has 1 aromatic carbocycles. The second-order valence-electron chi connectivity index (χ2n) is 6.43. The number of rotatable bonds is 3. The van der Waals surface area contributed by atoms with Crippen molar-refractivity contribution >= 4 is 17.4 Å². The Balaban J connectivity index is 2.21. The summed E-state index contributed by atoms with van der Waals surface area (Å²) in [5.41, 5.74) is 2.48. The molecule has 1 unspecified atom stereocenters. The van der Waals surface area contributed by atoms with Gasteiger partial charge in [0.25, 0.3) is 5.69 Å². The number of Topliss-reactive ketones (excluding diaryl/α,β-unsaturated/α-hetero) is 1. The number of nitrogens with one attached hydrogen (secondary N) is 1. The molecular weight excluding hydrogens is 338 g/mol. The summed E-state index contributed by atoms with van der Waals surface area (Å²) in [4.78, 5) is 37.7. The van der Waals surface area contributed by atoms with Gasteiger partial charge in [-0.1, -0.05) is 12.1 Å². The standard InChI is InChI=1S/C18H19N3O5/c1-10-15(18(23)26-3)16(11-5-4-6-12(7-11)21(24)25)17-13(19-10)8-20(2)9-14(17)22/h4-7,16,19H,8-9H2,1-3H3. The van der Waals surface area contributed by atoms with Crippen LogP contribution in [0.4, 0.5) is 5.69 Å². The first-order chi connectivity index (χ1) is 12.3. The molecule has 26 heavy (non-hydrogen) atoms. The molecule has 1 atom stereocenters. The van der Waals surface area contributed by atoms with E-state index in [1.54, 1.807) is 19.1 Å². The van der Waals surface area contributed by atoms with Gasteiger partial charge in [0.15, 0.2) is 5.78 Å². The predicted octanol–water partition coefficient (Wildman–Crippen LogP) is 1.50. The molecule has 8 heteroatoms. The van der Waals surface area contributed by atoms with Crippen molar-refractivity contribution in [1.29, 1.82) is 0 Å². The van der Waals surface area contributed by atoms with E-state index in [4.69, 9.17) is 4.74 Å². The highest BCUT2D eigenvalue weighted by Gasteiger charge is 2.40. The van der Waals surface area contributed by atoms with E-state index in [1.807, 2.05) is 11.9 Å². The van der Waals surface area contributed by atoms with E-state index in [0.29, 0.717) is 34.6 Å². The van der Waals surface area contributed by atoms with Gasteiger partial charge in [-0.3, -0.25) is 19.8 Å². The Hall–Kier alpha value is -3.00. The summed E-state index contributed by atoms with van der Waals surface area (Å²) in [5, 5.41) is 14.3. The van der Waals surface area contributed by atoms with Gasteiger partial charge >= 0.3 is 5.97 Å². The quantitative estimate of drug-likeness (QED) is 0.497. The van der Waals surface area contributed by atoms with Crippen molar-refractivity contribution in [3.63, 3.8) is 0 Å². The van der Waals surface area contributed by atoms with Crippen LogP contribution < -0.4 is 5.32 Å². The summed E-state index contributed by atoms with van der Waals surface area (Å²) < 4.78 is 4.91. The molecule has 1 aromatic rings. The third-order valence-corrected chi connectivity index (χ3v) is 4.61. The summed E-state index contributed by atoms with van der Waals surface area (Å²) in [6, 6.07) is 6.03. The number of nitrogens with zero attached hydrogens (tertiary/aromatic N) is 2. The molecule has 0 aromatic heterocycles. The van der Waals surface area contributed by atoms with Gasteiger partial charge in [-0.25, -0.2) is 4.79 Å². The van der Waals surface area contributed by atoms with Gasteiger partial charge in [-0.2, -0.15) is 0 Å². The van der Waals surface area contributed by atoms with Crippen LogP contribution >= 0.6 is 0 Å². The van der Waals surface area contributed by atoms with Crippen LogP contribution in [0.3, 0.4) is 0 Å². The smallest absolute Gasteiger partial charge is 0.336 e. The van der Waals surface area contributed by atoms with Gasteiger partial charge in [0, 0.05) is 41.6 Å². The highest BCUT2D eigenvalue weighted by molar-refractivity contribution is 6.04. The van der Waals surface area contributed by atoms with Crippen molar-refractivity contribution < 1.29 is 19.2 Å². The van der Waals surface area contributed by atoms with Crippen molar-refractivity contribution in [3.8, 4) is 0 Å². The summed E-state index contributed by atoms with van der Waals surface area (Å²) in [7, 11) is 3.11. The molecule has 1 N–H and O–H groups in total.